The Morgan fingerprint density at radius 3 is 2.50 bits per heavy atom. The Labute approximate surface area is 166 Å². The van der Waals surface area contributed by atoms with Gasteiger partial charge < -0.3 is 14.5 Å². The van der Waals surface area contributed by atoms with Crippen LogP contribution >= 0.6 is 0 Å². The minimum absolute atomic E-state index is 0.264. The van der Waals surface area contributed by atoms with E-state index >= 15 is 0 Å². The standard InChI is InChI=1S/C20H26N4O3S/c1-22-10-12-24(13-11-22)28(25,26)17-6-7-20(21-14-17)23-9-8-18-16(15-23)4-3-5-19(18)27-2/h3-7,14H,8-13,15H2,1-2H3. The molecule has 0 bridgehead atoms. The average molecular weight is 403 g/mol. The third kappa shape index (κ3) is 3.59. The second-order valence-electron chi connectivity index (χ2n) is 7.33. The fraction of sp³-hybridized carbons (Fsp3) is 0.450. The minimum Gasteiger partial charge on any atom is -0.496 e. The van der Waals surface area contributed by atoms with E-state index in [4.69, 9.17) is 4.74 Å². The Bertz CT molecular complexity index is 938. The van der Waals surface area contributed by atoms with Crippen LogP contribution in [-0.4, -0.2) is 69.5 Å². The molecule has 0 unspecified atom stereocenters. The third-order valence-corrected chi connectivity index (χ3v) is 7.47. The van der Waals surface area contributed by atoms with Gasteiger partial charge in [-0.15, -0.1) is 0 Å². The maximum atomic E-state index is 12.9. The number of ether oxygens (including phenoxy) is 1. The number of hydrogen-bond acceptors (Lipinski definition) is 6. The number of fused-ring (bicyclic) bond motifs is 1. The van der Waals surface area contributed by atoms with E-state index in [0.717, 1.165) is 44.2 Å². The fourth-order valence-electron chi connectivity index (χ4n) is 3.85. The molecule has 2 aliphatic rings. The molecule has 1 fully saturated rings. The molecule has 0 atom stereocenters. The predicted octanol–water partition coefficient (Wildman–Crippen LogP) is 1.59. The summed E-state index contributed by atoms with van der Waals surface area (Å²) < 4.78 is 32.7. The highest BCUT2D eigenvalue weighted by molar-refractivity contribution is 7.89. The largest absolute Gasteiger partial charge is 0.496 e. The van der Waals surface area contributed by atoms with Crippen LogP contribution in [0.1, 0.15) is 11.1 Å². The lowest BCUT2D eigenvalue weighted by Gasteiger charge is -2.32. The molecule has 8 heteroatoms. The second-order valence-corrected chi connectivity index (χ2v) is 9.27. The zero-order valence-electron chi connectivity index (χ0n) is 16.3. The zero-order valence-corrected chi connectivity index (χ0v) is 17.2. The van der Waals surface area contributed by atoms with Crippen LogP contribution in [0.4, 0.5) is 5.82 Å². The zero-order chi connectivity index (χ0) is 19.7. The SMILES string of the molecule is COc1cccc2c1CCN(c1ccc(S(=O)(=O)N3CCN(C)CC3)cn1)C2. The Kier molecular flexibility index (Phi) is 5.27. The number of anilines is 1. The first kappa shape index (κ1) is 19.2. The number of nitrogens with zero attached hydrogens (tertiary/aromatic N) is 4. The molecule has 0 spiro atoms. The first-order valence-electron chi connectivity index (χ1n) is 9.53. The molecule has 4 rings (SSSR count). The van der Waals surface area contributed by atoms with Gasteiger partial charge in [0, 0.05) is 51.0 Å². The lowest BCUT2D eigenvalue weighted by atomic mass is 9.98. The topological polar surface area (TPSA) is 66.0 Å². The van der Waals surface area contributed by atoms with E-state index in [-0.39, 0.29) is 4.90 Å². The first-order valence-corrected chi connectivity index (χ1v) is 11.0. The van der Waals surface area contributed by atoms with E-state index in [1.165, 1.54) is 17.3 Å². The average Bonchev–Trinajstić information content (AvgIpc) is 2.73. The number of likely N-dealkylation sites (N-methyl/N-ethyl adjacent to an activating group) is 1. The van der Waals surface area contributed by atoms with Crippen molar-refractivity contribution in [1.29, 1.82) is 0 Å². The van der Waals surface area contributed by atoms with E-state index in [1.807, 2.05) is 25.2 Å². The van der Waals surface area contributed by atoms with Crippen LogP contribution in [0.3, 0.4) is 0 Å². The molecule has 0 aliphatic carbocycles. The van der Waals surface area contributed by atoms with Gasteiger partial charge in [0.2, 0.25) is 10.0 Å². The fourth-order valence-corrected chi connectivity index (χ4v) is 5.22. The summed E-state index contributed by atoms with van der Waals surface area (Å²) >= 11 is 0. The van der Waals surface area contributed by atoms with E-state index in [9.17, 15) is 8.42 Å². The lowest BCUT2D eigenvalue weighted by molar-refractivity contribution is 0.222. The summed E-state index contributed by atoms with van der Waals surface area (Å²) in [6.07, 6.45) is 2.37. The first-order chi connectivity index (χ1) is 13.5. The highest BCUT2D eigenvalue weighted by Crippen LogP contribution is 2.30. The van der Waals surface area contributed by atoms with Crippen molar-refractivity contribution in [2.75, 3.05) is 51.8 Å². The number of sulfonamides is 1. The van der Waals surface area contributed by atoms with E-state index in [0.29, 0.717) is 13.1 Å². The van der Waals surface area contributed by atoms with Gasteiger partial charge in [0.05, 0.1) is 7.11 Å². The molecule has 7 nitrogen and oxygen atoms in total. The van der Waals surface area contributed by atoms with Gasteiger partial charge in [-0.1, -0.05) is 12.1 Å². The quantitative estimate of drug-likeness (QED) is 0.774. The van der Waals surface area contributed by atoms with Gasteiger partial charge in [-0.3, -0.25) is 0 Å². The van der Waals surface area contributed by atoms with Crippen LogP contribution in [0, 0.1) is 0 Å². The number of aromatic nitrogens is 1. The maximum Gasteiger partial charge on any atom is 0.244 e. The van der Waals surface area contributed by atoms with Crippen LogP contribution in [0.2, 0.25) is 0 Å². The van der Waals surface area contributed by atoms with Crippen molar-refractivity contribution in [3.63, 3.8) is 0 Å². The number of piperazine rings is 1. The number of pyridine rings is 1. The Balaban J connectivity index is 1.51. The highest BCUT2D eigenvalue weighted by Gasteiger charge is 2.28. The molecule has 0 amide bonds. The molecule has 2 aromatic rings. The minimum atomic E-state index is -3.48. The number of hydrogen-bond donors (Lipinski definition) is 0. The predicted molar refractivity (Wildman–Crippen MR) is 108 cm³/mol. The van der Waals surface area contributed by atoms with Gasteiger partial charge in [-0.05, 0) is 37.2 Å². The van der Waals surface area contributed by atoms with Crippen molar-refractivity contribution in [3.8, 4) is 5.75 Å². The summed E-state index contributed by atoms with van der Waals surface area (Å²) in [5.41, 5.74) is 2.47. The summed E-state index contributed by atoms with van der Waals surface area (Å²) in [6, 6.07) is 9.59. The van der Waals surface area contributed by atoms with Crippen LogP contribution in [0.25, 0.3) is 0 Å². The summed E-state index contributed by atoms with van der Waals surface area (Å²) in [5.74, 6) is 1.73. The molecule has 150 valence electrons. The molecular formula is C20H26N4O3S. The van der Waals surface area contributed by atoms with Crippen molar-refractivity contribution in [2.45, 2.75) is 17.9 Å². The molecule has 1 saturated heterocycles. The van der Waals surface area contributed by atoms with Crippen LogP contribution in [-0.2, 0) is 23.0 Å². The number of benzene rings is 1. The van der Waals surface area contributed by atoms with Crippen LogP contribution in [0.5, 0.6) is 5.75 Å². The van der Waals surface area contributed by atoms with Crippen molar-refractivity contribution in [1.82, 2.24) is 14.2 Å². The van der Waals surface area contributed by atoms with Crippen molar-refractivity contribution in [2.24, 2.45) is 0 Å². The van der Waals surface area contributed by atoms with Gasteiger partial charge in [0.15, 0.2) is 0 Å². The highest BCUT2D eigenvalue weighted by atomic mass is 32.2. The smallest absolute Gasteiger partial charge is 0.244 e. The summed E-state index contributed by atoms with van der Waals surface area (Å²) in [5, 5.41) is 0. The van der Waals surface area contributed by atoms with E-state index < -0.39 is 10.0 Å². The lowest BCUT2D eigenvalue weighted by Crippen LogP contribution is -2.47. The summed E-state index contributed by atoms with van der Waals surface area (Å²) in [7, 11) is 0.223. The van der Waals surface area contributed by atoms with E-state index in [1.54, 1.807) is 17.5 Å². The summed E-state index contributed by atoms with van der Waals surface area (Å²) in [4.78, 5) is 9.05. The number of rotatable bonds is 4. The van der Waals surface area contributed by atoms with Crippen molar-refractivity contribution >= 4 is 15.8 Å². The van der Waals surface area contributed by atoms with Gasteiger partial charge in [0.1, 0.15) is 16.5 Å². The van der Waals surface area contributed by atoms with Crippen molar-refractivity contribution in [3.05, 3.63) is 47.7 Å². The maximum absolute atomic E-state index is 12.9. The van der Waals surface area contributed by atoms with Crippen LogP contribution in [0.15, 0.2) is 41.4 Å². The van der Waals surface area contributed by atoms with E-state index in [2.05, 4.69) is 20.9 Å². The molecule has 1 aromatic carbocycles. The van der Waals surface area contributed by atoms with Crippen molar-refractivity contribution < 1.29 is 13.2 Å². The molecule has 0 radical (unpaired) electrons. The second kappa shape index (κ2) is 7.69. The molecule has 3 heterocycles. The third-order valence-electron chi connectivity index (χ3n) is 5.59. The molecule has 28 heavy (non-hydrogen) atoms. The van der Waals surface area contributed by atoms with Gasteiger partial charge >= 0.3 is 0 Å². The Morgan fingerprint density at radius 2 is 1.82 bits per heavy atom. The molecule has 2 aliphatic heterocycles. The van der Waals surface area contributed by atoms with Gasteiger partial charge in [0.25, 0.3) is 0 Å². The molecule has 0 saturated carbocycles. The normalized spacial score (nSPS) is 18.7. The molecular weight excluding hydrogens is 376 g/mol. The Hall–Kier alpha value is -2.16. The number of methoxy groups -OCH3 is 1. The molecule has 1 aromatic heterocycles. The van der Waals surface area contributed by atoms with Gasteiger partial charge in [-0.2, -0.15) is 4.31 Å². The van der Waals surface area contributed by atoms with Crippen LogP contribution < -0.4 is 9.64 Å². The Morgan fingerprint density at radius 1 is 1.04 bits per heavy atom. The molecule has 0 N–H and O–H groups in total. The van der Waals surface area contributed by atoms with Gasteiger partial charge in [-0.25, -0.2) is 13.4 Å². The monoisotopic (exact) mass is 402 g/mol. The summed E-state index contributed by atoms with van der Waals surface area (Å²) in [6.45, 7) is 4.11.